The van der Waals surface area contributed by atoms with Crippen LogP contribution in [0.25, 0.3) is 23.1 Å². The topological polar surface area (TPSA) is 148 Å². The van der Waals surface area contributed by atoms with E-state index in [1.807, 2.05) is 35.3 Å². The van der Waals surface area contributed by atoms with Gasteiger partial charge in [-0.15, -0.1) is 0 Å². The van der Waals surface area contributed by atoms with Crippen molar-refractivity contribution in [3.63, 3.8) is 0 Å². The monoisotopic (exact) mass is 520 g/mol. The average Bonchev–Trinajstić information content (AvgIpc) is 3.42. The van der Waals surface area contributed by atoms with E-state index in [1.54, 1.807) is 36.8 Å². The van der Waals surface area contributed by atoms with Crippen LogP contribution in [-0.2, 0) is 10.0 Å². The first kappa shape index (κ1) is 24.8. The van der Waals surface area contributed by atoms with Crippen molar-refractivity contribution in [1.82, 2.24) is 30.2 Å². The summed E-state index contributed by atoms with van der Waals surface area (Å²) in [5.41, 5.74) is 4.11. The van der Waals surface area contributed by atoms with Crippen molar-refractivity contribution < 1.29 is 13.5 Å². The van der Waals surface area contributed by atoms with E-state index in [1.165, 1.54) is 0 Å². The standard InChI is InChI=1S/C25H28N8O3S/c34-13-10-30-37(35,36)24-7-6-20(14-23(24)33-11-8-26-9-12-33)31-25-27-15-18(16-28-25)4-5-19-2-1-3-22-21(19)17-29-32-22/h1-7,14-17,26,30,34H,8-13H2,(H,29,32)(H,27,28,31)/b5-4+. The minimum absolute atomic E-state index is 0.0464. The molecule has 1 fully saturated rings. The van der Waals surface area contributed by atoms with Gasteiger partial charge in [0.1, 0.15) is 4.90 Å². The summed E-state index contributed by atoms with van der Waals surface area (Å²) in [5.74, 6) is 0.398. The van der Waals surface area contributed by atoms with Gasteiger partial charge in [-0.1, -0.05) is 24.3 Å². The number of fused-ring (bicyclic) bond motifs is 1. The third-order valence-corrected chi connectivity index (χ3v) is 7.52. The van der Waals surface area contributed by atoms with Crippen LogP contribution < -0.4 is 20.3 Å². The lowest BCUT2D eigenvalue weighted by Gasteiger charge is -2.31. The lowest BCUT2D eigenvalue weighted by molar-refractivity contribution is 0.301. The smallest absolute Gasteiger partial charge is 0.242 e. The number of aromatic nitrogens is 4. The summed E-state index contributed by atoms with van der Waals surface area (Å²) in [7, 11) is -3.78. The molecule has 1 aliphatic rings. The molecule has 11 nitrogen and oxygen atoms in total. The van der Waals surface area contributed by atoms with Gasteiger partial charge < -0.3 is 20.6 Å². The van der Waals surface area contributed by atoms with Gasteiger partial charge in [0.05, 0.1) is 24.0 Å². The van der Waals surface area contributed by atoms with Crippen molar-refractivity contribution in [2.75, 3.05) is 49.5 Å². The van der Waals surface area contributed by atoms with Gasteiger partial charge in [-0.2, -0.15) is 5.10 Å². The van der Waals surface area contributed by atoms with E-state index >= 15 is 0 Å². The number of sulfonamides is 1. The Hall–Kier alpha value is -3.84. The molecule has 192 valence electrons. The van der Waals surface area contributed by atoms with Crippen LogP contribution in [0, 0.1) is 0 Å². The maximum absolute atomic E-state index is 12.9. The Kier molecular flexibility index (Phi) is 7.42. The molecule has 0 atom stereocenters. The van der Waals surface area contributed by atoms with Gasteiger partial charge in [-0.25, -0.2) is 23.1 Å². The van der Waals surface area contributed by atoms with E-state index in [2.05, 4.69) is 35.5 Å². The third kappa shape index (κ3) is 5.78. The minimum atomic E-state index is -3.78. The number of nitrogens with zero attached hydrogens (tertiary/aromatic N) is 4. The maximum Gasteiger partial charge on any atom is 0.242 e. The molecule has 0 aliphatic carbocycles. The van der Waals surface area contributed by atoms with Gasteiger partial charge in [-0.05, 0) is 29.8 Å². The summed E-state index contributed by atoms with van der Waals surface area (Å²) in [6, 6.07) is 11.0. The van der Waals surface area contributed by atoms with E-state index in [9.17, 15) is 8.42 Å². The predicted octanol–water partition coefficient (Wildman–Crippen LogP) is 1.95. The molecule has 0 unspecified atom stereocenters. The zero-order valence-corrected chi connectivity index (χ0v) is 20.9. The first-order valence-electron chi connectivity index (χ1n) is 11.9. The lowest BCUT2D eigenvalue weighted by Crippen LogP contribution is -2.44. The first-order valence-corrected chi connectivity index (χ1v) is 13.4. The summed E-state index contributed by atoms with van der Waals surface area (Å²) < 4.78 is 28.2. The first-order chi connectivity index (χ1) is 18.0. The number of nitrogens with one attached hydrogen (secondary N) is 4. The molecule has 1 saturated heterocycles. The summed E-state index contributed by atoms with van der Waals surface area (Å²) in [6.07, 6.45) is 9.17. The van der Waals surface area contributed by atoms with Crippen LogP contribution in [0.1, 0.15) is 11.1 Å². The molecule has 5 N–H and O–H groups in total. The van der Waals surface area contributed by atoms with Crippen molar-refractivity contribution >= 4 is 50.4 Å². The molecule has 12 heteroatoms. The van der Waals surface area contributed by atoms with E-state index in [-0.39, 0.29) is 18.0 Å². The van der Waals surface area contributed by atoms with E-state index in [0.29, 0.717) is 30.4 Å². The van der Waals surface area contributed by atoms with Gasteiger partial charge >= 0.3 is 0 Å². The number of aliphatic hydroxyl groups is 1. The summed E-state index contributed by atoms with van der Waals surface area (Å²) in [5, 5.41) is 23.6. The van der Waals surface area contributed by atoms with Crippen molar-refractivity contribution in [2.45, 2.75) is 4.90 Å². The van der Waals surface area contributed by atoms with Crippen LogP contribution in [0.3, 0.4) is 0 Å². The van der Waals surface area contributed by atoms with Crippen molar-refractivity contribution in [2.24, 2.45) is 0 Å². The second-order valence-corrected chi connectivity index (χ2v) is 10.3. The maximum atomic E-state index is 12.9. The molecule has 0 spiro atoms. The zero-order chi connectivity index (χ0) is 25.7. The molecule has 2 aromatic heterocycles. The number of anilines is 3. The van der Waals surface area contributed by atoms with Gasteiger partial charge in [0.15, 0.2) is 0 Å². The molecule has 2 aromatic carbocycles. The SMILES string of the molecule is O=S(=O)(NCCO)c1ccc(Nc2ncc(/C=C/c3cccc4[nH]ncc34)cn2)cc1N1CCNCC1. The van der Waals surface area contributed by atoms with Crippen molar-refractivity contribution in [3.05, 3.63) is 66.1 Å². The van der Waals surface area contributed by atoms with Gasteiger partial charge in [0, 0.05) is 61.8 Å². The third-order valence-electron chi connectivity index (χ3n) is 6.01. The highest BCUT2D eigenvalue weighted by Gasteiger charge is 2.23. The van der Waals surface area contributed by atoms with Crippen LogP contribution in [0.15, 0.2) is 59.9 Å². The molecule has 37 heavy (non-hydrogen) atoms. The molecule has 5 rings (SSSR count). The largest absolute Gasteiger partial charge is 0.395 e. The van der Waals surface area contributed by atoms with Gasteiger partial charge in [-0.3, -0.25) is 5.10 Å². The van der Waals surface area contributed by atoms with Crippen LogP contribution in [-0.4, -0.2) is 73.0 Å². The van der Waals surface area contributed by atoms with E-state index in [4.69, 9.17) is 5.11 Å². The fraction of sp³-hybridized carbons (Fsp3) is 0.240. The lowest BCUT2D eigenvalue weighted by atomic mass is 10.1. The molecular weight excluding hydrogens is 492 g/mol. The highest BCUT2D eigenvalue weighted by Crippen LogP contribution is 2.30. The summed E-state index contributed by atoms with van der Waals surface area (Å²) in [4.78, 5) is 11.0. The number of piperazine rings is 1. The van der Waals surface area contributed by atoms with Crippen molar-refractivity contribution in [1.29, 1.82) is 0 Å². The molecular formula is C25H28N8O3S. The van der Waals surface area contributed by atoms with E-state index in [0.717, 1.165) is 35.1 Å². The molecule has 0 saturated carbocycles. The predicted molar refractivity (Wildman–Crippen MR) is 144 cm³/mol. The zero-order valence-electron chi connectivity index (χ0n) is 20.1. The number of benzene rings is 2. The number of H-pyrrole nitrogens is 1. The van der Waals surface area contributed by atoms with Crippen LogP contribution in [0.2, 0.25) is 0 Å². The number of hydrogen-bond acceptors (Lipinski definition) is 9. The minimum Gasteiger partial charge on any atom is -0.395 e. The highest BCUT2D eigenvalue weighted by atomic mass is 32.2. The Morgan fingerprint density at radius 2 is 1.86 bits per heavy atom. The molecule has 0 radical (unpaired) electrons. The van der Waals surface area contributed by atoms with Gasteiger partial charge in [0.2, 0.25) is 16.0 Å². The number of aliphatic hydroxyl groups excluding tert-OH is 1. The Balaban J connectivity index is 1.35. The summed E-state index contributed by atoms with van der Waals surface area (Å²) in [6.45, 7) is 2.55. The number of hydrogen-bond donors (Lipinski definition) is 5. The normalized spacial score (nSPS) is 14.5. The fourth-order valence-electron chi connectivity index (χ4n) is 4.17. The van der Waals surface area contributed by atoms with Crippen LogP contribution >= 0.6 is 0 Å². The van der Waals surface area contributed by atoms with Gasteiger partial charge in [0.25, 0.3) is 0 Å². The quantitative estimate of drug-likeness (QED) is 0.223. The Labute approximate surface area is 214 Å². The Bertz CT molecular complexity index is 1500. The summed E-state index contributed by atoms with van der Waals surface area (Å²) >= 11 is 0. The Morgan fingerprint density at radius 3 is 2.65 bits per heavy atom. The number of aromatic amines is 1. The van der Waals surface area contributed by atoms with Crippen molar-refractivity contribution in [3.8, 4) is 0 Å². The highest BCUT2D eigenvalue weighted by molar-refractivity contribution is 7.89. The Morgan fingerprint density at radius 1 is 1.05 bits per heavy atom. The number of rotatable bonds is 9. The van der Waals surface area contributed by atoms with Crippen LogP contribution in [0.4, 0.5) is 17.3 Å². The molecule has 1 aliphatic heterocycles. The molecule has 0 amide bonds. The molecule has 3 heterocycles. The van der Waals surface area contributed by atoms with E-state index < -0.39 is 10.0 Å². The molecule has 0 bridgehead atoms. The fourth-order valence-corrected chi connectivity index (χ4v) is 5.40. The van der Waals surface area contributed by atoms with Crippen LogP contribution in [0.5, 0.6) is 0 Å². The average molecular weight is 521 g/mol. The molecule has 4 aromatic rings. The second-order valence-electron chi connectivity index (χ2n) is 8.52. The second kappa shape index (κ2) is 11.0.